The van der Waals surface area contributed by atoms with Gasteiger partial charge in [-0.25, -0.2) is 4.98 Å². The average molecular weight is 394 g/mol. The Bertz CT molecular complexity index is 901. The molecule has 1 N–H and O–H groups in total. The molecule has 0 atom stereocenters. The molecule has 3 rings (SSSR count). The van der Waals surface area contributed by atoms with Gasteiger partial charge in [-0.2, -0.15) is 5.26 Å². The lowest BCUT2D eigenvalue weighted by Crippen LogP contribution is -2.13. The lowest BCUT2D eigenvalue weighted by atomic mass is 9.96. The van der Waals surface area contributed by atoms with Gasteiger partial charge in [0.05, 0.1) is 5.56 Å². The Morgan fingerprint density at radius 1 is 1.21 bits per heavy atom. The molecule has 0 saturated carbocycles. The van der Waals surface area contributed by atoms with Crippen molar-refractivity contribution in [2.75, 3.05) is 11.1 Å². The molecule has 0 bridgehead atoms. The standard InChI is InChI=1S/C23H27N3OS/c1-16-8-7-11-20(17(16)2)25-22(27)12-13-28-23-19(15-24)14-18-9-5-3-4-6-10-21(18)26-23/h7-8,11,14H,3-6,9-10,12-13H2,1-2H3,(H,25,27). The number of hydrogen-bond donors (Lipinski definition) is 1. The molecule has 1 aliphatic carbocycles. The Labute approximate surface area is 171 Å². The topological polar surface area (TPSA) is 65.8 Å². The summed E-state index contributed by atoms with van der Waals surface area (Å²) in [5, 5.41) is 13.3. The summed E-state index contributed by atoms with van der Waals surface area (Å²) < 4.78 is 0. The van der Waals surface area contributed by atoms with E-state index in [1.807, 2.05) is 38.1 Å². The van der Waals surface area contributed by atoms with Gasteiger partial charge >= 0.3 is 0 Å². The van der Waals surface area contributed by atoms with E-state index >= 15 is 0 Å². The van der Waals surface area contributed by atoms with Crippen molar-refractivity contribution < 1.29 is 4.79 Å². The summed E-state index contributed by atoms with van der Waals surface area (Å²) in [4.78, 5) is 17.1. The number of nitrogens with zero attached hydrogens (tertiary/aromatic N) is 2. The fraction of sp³-hybridized carbons (Fsp3) is 0.435. The smallest absolute Gasteiger partial charge is 0.225 e. The number of hydrogen-bond acceptors (Lipinski definition) is 4. The van der Waals surface area contributed by atoms with E-state index in [4.69, 9.17) is 4.98 Å². The first kappa shape index (κ1) is 20.4. The number of anilines is 1. The van der Waals surface area contributed by atoms with Crippen LogP contribution in [0.2, 0.25) is 0 Å². The Morgan fingerprint density at radius 2 is 2.00 bits per heavy atom. The summed E-state index contributed by atoms with van der Waals surface area (Å²) in [7, 11) is 0. The highest BCUT2D eigenvalue weighted by Gasteiger charge is 2.15. The van der Waals surface area contributed by atoms with E-state index in [1.165, 1.54) is 36.6 Å². The van der Waals surface area contributed by atoms with Crippen molar-refractivity contribution in [3.8, 4) is 6.07 Å². The number of thioether (sulfide) groups is 1. The molecule has 0 unspecified atom stereocenters. The molecule has 4 nitrogen and oxygen atoms in total. The molecule has 0 spiro atoms. The van der Waals surface area contributed by atoms with Crippen molar-refractivity contribution in [2.24, 2.45) is 0 Å². The molecule has 1 amide bonds. The molecule has 0 saturated heterocycles. The van der Waals surface area contributed by atoms with Crippen LogP contribution < -0.4 is 5.32 Å². The average Bonchev–Trinajstić information content (AvgIpc) is 2.66. The van der Waals surface area contributed by atoms with Gasteiger partial charge in [0.1, 0.15) is 11.1 Å². The number of pyridine rings is 1. The highest BCUT2D eigenvalue weighted by atomic mass is 32.2. The number of carbonyl (C=O) groups excluding carboxylic acids is 1. The molecular weight excluding hydrogens is 366 g/mol. The molecular formula is C23H27N3OS. The summed E-state index contributed by atoms with van der Waals surface area (Å²) in [5.74, 6) is 0.600. The van der Waals surface area contributed by atoms with Gasteiger partial charge in [0.25, 0.3) is 0 Å². The van der Waals surface area contributed by atoms with Gasteiger partial charge in [-0.3, -0.25) is 4.79 Å². The van der Waals surface area contributed by atoms with Crippen molar-refractivity contribution in [1.82, 2.24) is 4.98 Å². The lowest BCUT2D eigenvalue weighted by molar-refractivity contribution is -0.115. The molecule has 28 heavy (non-hydrogen) atoms. The zero-order valence-electron chi connectivity index (χ0n) is 16.7. The molecule has 0 aliphatic heterocycles. The predicted molar refractivity (Wildman–Crippen MR) is 115 cm³/mol. The quantitative estimate of drug-likeness (QED) is 0.695. The predicted octanol–water partition coefficient (Wildman–Crippen LogP) is 5.35. The minimum Gasteiger partial charge on any atom is -0.326 e. The Balaban J connectivity index is 1.62. The van der Waals surface area contributed by atoms with Crippen molar-refractivity contribution >= 4 is 23.4 Å². The molecule has 0 fully saturated rings. The Hall–Kier alpha value is -2.32. The summed E-state index contributed by atoms with van der Waals surface area (Å²) in [6.07, 6.45) is 7.23. The number of amides is 1. The number of rotatable bonds is 5. The van der Waals surface area contributed by atoms with Crippen LogP contribution in [0.5, 0.6) is 0 Å². The normalized spacial score (nSPS) is 13.8. The molecule has 0 radical (unpaired) electrons. The van der Waals surface area contributed by atoms with Gasteiger partial charge in [-0.05, 0) is 68.4 Å². The fourth-order valence-corrected chi connectivity index (χ4v) is 4.41. The first-order valence-corrected chi connectivity index (χ1v) is 11.0. The zero-order valence-corrected chi connectivity index (χ0v) is 17.5. The largest absolute Gasteiger partial charge is 0.326 e. The molecule has 1 aromatic carbocycles. The van der Waals surface area contributed by atoms with Gasteiger partial charge in [-0.15, -0.1) is 11.8 Å². The number of aromatic nitrogens is 1. The Kier molecular flexibility index (Phi) is 7.11. The summed E-state index contributed by atoms with van der Waals surface area (Å²) in [5.41, 5.74) is 6.13. The van der Waals surface area contributed by atoms with Crippen LogP contribution in [0.4, 0.5) is 5.69 Å². The van der Waals surface area contributed by atoms with Crippen LogP contribution in [0, 0.1) is 25.2 Å². The molecule has 146 valence electrons. The number of nitriles is 1. The number of carbonyl (C=O) groups is 1. The van der Waals surface area contributed by atoms with Gasteiger partial charge in [0.2, 0.25) is 5.91 Å². The number of fused-ring (bicyclic) bond motifs is 1. The van der Waals surface area contributed by atoms with Crippen LogP contribution >= 0.6 is 11.8 Å². The SMILES string of the molecule is Cc1cccc(NC(=O)CCSc2nc3c(cc2C#N)CCCCCC3)c1C. The molecule has 2 aromatic rings. The van der Waals surface area contributed by atoms with E-state index in [0.29, 0.717) is 17.7 Å². The summed E-state index contributed by atoms with van der Waals surface area (Å²) in [6.45, 7) is 4.05. The lowest BCUT2D eigenvalue weighted by Gasteiger charge is -2.15. The van der Waals surface area contributed by atoms with Crippen LogP contribution in [0.1, 0.15) is 60.1 Å². The van der Waals surface area contributed by atoms with Crippen molar-refractivity contribution in [1.29, 1.82) is 5.26 Å². The van der Waals surface area contributed by atoms with E-state index in [0.717, 1.165) is 46.8 Å². The number of aryl methyl sites for hydroxylation is 3. The second-order valence-corrected chi connectivity index (χ2v) is 8.45. The maximum atomic E-state index is 12.3. The van der Waals surface area contributed by atoms with E-state index in [2.05, 4.69) is 11.4 Å². The molecule has 1 aromatic heterocycles. The molecule has 1 heterocycles. The summed E-state index contributed by atoms with van der Waals surface area (Å²) >= 11 is 1.51. The second kappa shape index (κ2) is 9.75. The van der Waals surface area contributed by atoms with E-state index in [-0.39, 0.29) is 5.91 Å². The van der Waals surface area contributed by atoms with Crippen LogP contribution in [0.25, 0.3) is 0 Å². The van der Waals surface area contributed by atoms with Gasteiger partial charge in [-0.1, -0.05) is 25.0 Å². The molecule has 5 heteroatoms. The maximum absolute atomic E-state index is 12.3. The van der Waals surface area contributed by atoms with Crippen molar-refractivity contribution in [3.63, 3.8) is 0 Å². The first-order valence-electron chi connectivity index (χ1n) is 10.00. The van der Waals surface area contributed by atoms with E-state index < -0.39 is 0 Å². The van der Waals surface area contributed by atoms with Crippen LogP contribution in [0.15, 0.2) is 29.3 Å². The van der Waals surface area contributed by atoms with E-state index in [1.54, 1.807) is 0 Å². The van der Waals surface area contributed by atoms with Crippen LogP contribution in [0.3, 0.4) is 0 Å². The maximum Gasteiger partial charge on any atom is 0.225 e. The van der Waals surface area contributed by atoms with Gasteiger partial charge < -0.3 is 5.32 Å². The Morgan fingerprint density at radius 3 is 2.79 bits per heavy atom. The third-order valence-electron chi connectivity index (χ3n) is 5.33. The third kappa shape index (κ3) is 5.14. The number of nitrogens with one attached hydrogen (secondary N) is 1. The minimum atomic E-state index is -0.00837. The number of benzene rings is 1. The zero-order chi connectivity index (χ0) is 19.9. The summed E-state index contributed by atoms with van der Waals surface area (Å²) in [6, 6.07) is 10.2. The monoisotopic (exact) mass is 393 g/mol. The van der Waals surface area contributed by atoms with Gasteiger partial charge in [0.15, 0.2) is 0 Å². The van der Waals surface area contributed by atoms with Crippen LogP contribution in [-0.2, 0) is 17.6 Å². The van der Waals surface area contributed by atoms with Gasteiger partial charge in [0, 0.05) is 23.6 Å². The highest BCUT2D eigenvalue weighted by molar-refractivity contribution is 7.99. The van der Waals surface area contributed by atoms with E-state index in [9.17, 15) is 10.1 Å². The highest BCUT2D eigenvalue weighted by Crippen LogP contribution is 2.27. The minimum absolute atomic E-state index is 0.00837. The first-order chi connectivity index (χ1) is 13.6. The molecule has 1 aliphatic rings. The second-order valence-electron chi connectivity index (χ2n) is 7.37. The third-order valence-corrected chi connectivity index (χ3v) is 6.33. The fourth-order valence-electron chi connectivity index (χ4n) is 3.50. The van der Waals surface area contributed by atoms with Crippen molar-refractivity contribution in [3.05, 3.63) is 52.2 Å². The van der Waals surface area contributed by atoms with Crippen LogP contribution in [-0.4, -0.2) is 16.6 Å². The van der Waals surface area contributed by atoms with Crippen molar-refractivity contribution in [2.45, 2.75) is 63.8 Å².